The first-order chi connectivity index (χ1) is 9.94. The summed E-state index contributed by atoms with van der Waals surface area (Å²) in [6.45, 7) is 8.60. The van der Waals surface area contributed by atoms with Crippen molar-refractivity contribution in [1.29, 1.82) is 0 Å². The molecule has 0 spiro atoms. The van der Waals surface area contributed by atoms with E-state index in [4.69, 9.17) is 9.72 Å². The number of benzene rings is 1. The number of para-hydroxylation sites is 1. The van der Waals surface area contributed by atoms with Crippen LogP contribution in [0.1, 0.15) is 37.0 Å². The zero-order valence-corrected chi connectivity index (χ0v) is 14.3. The molecule has 1 aromatic heterocycles. The molecule has 114 valence electrons. The Kier molecular flexibility index (Phi) is 5.01. The number of hydrogen-bond acceptors (Lipinski definition) is 4. The highest BCUT2D eigenvalue weighted by atomic mass is 32.1. The van der Waals surface area contributed by atoms with E-state index in [2.05, 4.69) is 43.6 Å². The largest absolute Gasteiger partial charge is 0.496 e. The summed E-state index contributed by atoms with van der Waals surface area (Å²) < 4.78 is 5.49. The Morgan fingerprint density at radius 2 is 2.05 bits per heavy atom. The van der Waals surface area contributed by atoms with Gasteiger partial charge in [0, 0.05) is 23.5 Å². The molecule has 0 bridgehead atoms. The van der Waals surface area contributed by atoms with Crippen molar-refractivity contribution < 1.29 is 4.74 Å². The average Bonchev–Trinajstić information content (AvgIpc) is 2.86. The van der Waals surface area contributed by atoms with Gasteiger partial charge in [-0.15, -0.1) is 11.3 Å². The maximum absolute atomic E-state index is 5.49. The minimum atomic E-state index is -0.193. The highest BCUT2D eigenvalue weighted by Gasteiger charge is 2.31. The third-order valence-corrected chi connectivity index (χ3v) is 4.66. The molecule has 0 saturated carbocycles. The second kappa shape index (κ2) is 6.58. The molecule has 0 radical (unpaired) electrons. The van der Waals surface area contributed by atoms with Crippen molar-refractivity contribution in [2.75, 3.05) is 7.11 Å². The summed E-state index contributed by atoms with van der Waals surface area (Å²) in [6.07, 6.45) is 0.849. The molecule has 1 N–H and O–H groups in total. The van der Waals surface area contributed by atoms with Crippen molar-refractivity contribution in [1.82, 2.24) is 10.3 Å². The maximum atomic E-state index is 5.49. The molecule has 0 saturated heterocycles. The van der Waals surface area contributed by atoms with Gasteiger partial charge in [-0.1, -0.05) is 18.2 Å². The number of nitrogens with one attached hydrogen (secondary N) is 1. The minimum Gasteiger partial charge on any atom is -0.496 e. The van der Waals surface area contributed by atoms with Crippen LogP contribution in [0, 0.1) is 6.92 Å². The number of methoxy groups -OCH3 is 1. The van der Waals surface area contributed by atoms with Crippen LogP contribution in [-0.2, 0) is 12.0 Å². The lowest BCUT2D eigenvalue weighted by atomic mass is 9.92. The maximum Gasteiger partial charge on any atom is 0.122 e. The third-order valence-electron chi connectivity index (χ3n) is 3.43. The van der Waals surface area contributed by atoms with Crippen molar-refractivity contribution in [2.24, 2.45) is 0 Å². The van der Waals surface area contributed by atoms with E-state index in [1.165, 1.54) is 5.56 Å². The molecule has 0 amide bonds. The monoisotopic (exact) mass is 304 g/mol. The van der Waals surface area contributed by atoms with Crippen LogP contribution in [0.3, 0.4) is 0 Å². The smallest absolute Gasteiger partial charge is 0.122 e. The van der Waals surface area contributed by atoms with Gasteiger partial charge in [-0.2, -0.15) is 0 Å². The Bertz CT molecular complexity index is 594. The lowest BCUT2D eigenvalue weighted by Gasteiger charge is -2.32. The number of hydrogen-bond donors (Lipinski definition) is 1. The summed E-state index contributed by atoms with van der Waals surface area (Å²) in [6, 6.07) is 8.58. The standard InChI is InChI=1S/C17H24N2OS/c1-12(2)19-17(4,16-18-13(3)11-21-16)10-14-8-6-7-9-15(14)20-5/h6-9,11-12,19H,10H2,1-5H3. The molecule has 2 rings (SSSR count). The molecule has 0 aliphatic carbocycles. The molecular weight excluding hydrogens is 280 g/mol. The molecule has 1 heterocycles. The Balaban J connectivity index is 2.36. The quantitative estimate of drug-likeness (QED) is 0.878. The van der Waals surface area contributed by atoms with Crippen LogP contribution < -0.4 is 10.1 Å². The van der Waals surface area contributed by atoms with E-state index in [0.29, 0.717) is 6.04 Å². The first kappa shape index (κ1) is 16.0. The molecule has 4 heteroatoms. The van der Waals surface area contributed by atoms with Gasteiger partial charge in [0.1, 0.15) is 10.8 Å². The molecule has 0 fully saturated rings. The average molecular weight is 304 g/mol. The van der Waals surface area contributed by atoms with Crippen LogP contribution in [0.2, 0.25) is 0 Å². The van der Waals surface area contributed by atoms with E-state index in [-0.39, 0.29) is 5.54 Å². The molecular formula is C17H24N2OS. The van der Waals surface area contributed by atoms with Crippen LogP contribution >= 0.6 is 11.3 Å². The normalized spacial score (nSPS) is 14.2. The van der Waals surface area contributed by atoms with Gasteiger partial charge in [0.2, 0.25) is 0 Å². The molecule has 0 aliphatic heterocycles. The number of thiazole rings is 1. The SMILES string of the molecule is COc1ccccc1CC(C)(NC(C)C)c1nc(C)cs1. The van der Waals surface area contributed by atoms with Crippen LogP contribution in [-0.4, -0.2) is 18.1 Å². The Morgan fingerprint density at radius 1 is 1.33 bits per heavy atom. The number of rotatable bonds is 6. The zero-order chi connectivity index (χ0) is 15.5. The van der Waals surface area contributed by atoms with Gasteiger partial charge >= 0.3 is 0 Å². The second-order valence-electron chi connectivity index (χ2n) is 5.91. The zero-order valence-electron chi connectivity index (χ0n) is 13.4. The molecule has 1 aromatic carbocycles. The minimum absolute atomic E-state index is 0.193. The molecule has 1 unspecified atom stereocenters. The Morgan fingerprint density at radius 3 is 2.62 bits per heavy atom. The fraction of sp³-hybridized carbons (Fsp3) is 0.471. The fourth-order valence-electron chi connectivity index (χ4n) is 2.66. The topological polar surface area (TPSA) is 34.1 Å². The number of nitrogens with zero attached hydrogens (tertiary/aromatic N) is 1. The highest BCUT2D eigenvalue weighted by Crippen LogP contribution is 2.32. The Labute approximate surface area is 131 Å². The summed E-state index contributed by atoms with van der Waals surface area (Å²) in [5.41, 5.74) is 2.08. The van der Waals surface area contributed by atoms with Crippen LogP contribution in [0.15, 0.2) is 29.6 Å². The lowest BCUT2D eigenvalue weighted by Crippen LogP contribution is -2.45. The number of aromatic nitrogens is 1. The fourth-order valence-corrected chi connectivity index (χ4v) is 3.59. The summed E-state index contributed by atoms with van der Waals surface area (Å²) >= 11 is 1.72. The van der Waals surface area contributed by atoms with Crippen LogP contribution in [0.25, 0.3) is 0 Å². The molecule has 2 aromatic rings. The van der Waals surface area contributed by atoms with Crippen LogP contribution in [0.5, 0.6) is 5.75 Å². The predicted octanol–water partition coefficient (Wildman–Crippen LogP) is 3.92. The predicted molar refractivity (Wildman–Crippen MR) is 89.2 cm³/mol. The van der Waals surface area contributed by atoms with Gasteiger partial charge in [-0.3, -0.25) is 0 Å². The number of aryl methyl sites for hydroxylation is 1. The van der Waals surface area contributed by atoms with E-state index in [0.717, 1.165) is 22.9 Å². The van der Waals surface area contributed by atoms with Gasteiger partial charge in [0.05, 0.1) is 12.6 Å². The van der Waals surface area contributed by atoms with Crippen molar-refractivity contribution in [3.05, 3.63) is 45.9 Å². The Hall–Kier alpha value is -1.39. The van der Waals surface area contributed by atoms with Crippen molar-refractivity contribution in [2.45, 2.75) is 45.7 Å². The first-order valence-corrected chi connectivity index (χ1v) is 8.15. The second-order valence-corrected chi connectivity index (χ2v) is 6.77. The van der Waals surface area contributed by atoms with Crippen molar-refractivity contribution in [3.63, 3.8) is 0 Å². The van der Waals surface area contributed by atoms with E-state index in [1.54, 1.807) is 18.4 Å². The van der Waals surface area contributed by atoms with Gasteiger partial charge in [-0.05, 0) is 39.3 Å². The van der Waals surface area contributed by atoms with E-state index in [9.17, 15) is 0 Å². The van der Waals surface area contributed by atoms with Gasteiger partial charge < -0.3 is 10.1 Å². The summed E-state index contributed by atoms with van der Waals surface area (Å²) in [5.74, 6) is 0.933. The van der Waals surface area contributed by atoms with Crippen molar-refractivity contribution >= 4 is 11.3 Å². The summed E-state index contributed by atoms with van der Waals surface area (Å²) in [7, 11) is 1.72. The third kappa shape index (κ3) is 3.83. The van der Waals surface area contributed by atoms with Gasteiger partial charge in [0.25, 0.3) is 0 Å². The first-order valence-electron chi connectivity index (χ1n) is 7.27. The van der Waals surface area contributed by atoms with E-state index in [1.807, 2.05) is 19.1 Å². The van der Waals surface area contributed by atoms with Gasteiger partial charge in [0.15, 0.2) is 0 Å². The molecule has 21 heavy (non-hydrogen) atoms. The van der Waals surface area contributed by atoms with Crippen molar-refractivity contribution in [3.8, 4) is 5.75 Å². The van der Waals surface area contributed by atoms with E-state index < -0.39 is 0 Å². The molecule has 3 nitrogen and oxygen atoms in total. The lowest BCUT2D eigenvalue weighted by molar-refractivity contribution is 0.323. The van der Waals surface area contributed by atoms with E-state index >= 15 is 0 Å². The summed E-state index contributed by atoms with van der Waals surface area (Å²) in [5, 5.41) is 6.91. The number of ether oxygens (including phenoxy) is 1. The molecule has 1 atom stereocenters. The summed E-state index contributed by atoms with van der Waals surface area (Å²) in [4.78, 5) is 4.70. The highest BCUT2D eigenvalue weighted by molar-refractivity contribution is 7.09. The van der Waals surface area contributed by atoms with Crippen LogP contribution in [0.4, 0.5) is 0 Å². The molecule has 0 aliphatic rings. The van der Waals surface area contributed by atoms with Gasteiger partial charge in [-0.25, -0.2) is 4.98 Å².